The van der Waals surface area contributed by atoms with E-state index in [1.807, 2.05) is 70.1 Å². The summed E-state index contributed by atoms with van der Waals surface area (Å²) >= 11 is 0. The van der Waals surface area contributed by atoms with Crippen molar-refractivity contribution in [2.75, 3.05) is 19.7 Å². The maximum Gasteiger partial charge on any atom is 0.260 e. The Morgan fingerprint density at radius 1 is 0.969 bits per heavy atom. The van der Waals surface area contributed by atoms with E-state index < -0.39 is 0 Å². The SMILES string of the molecule is O=C(COc1ccccc1Cc1ccccc1)N1CCCC(c2nnc3ccccn23)C1. The number of hydrogen-bond acceptors (Lipinski definition) is 4. The zero-order valence-electron chi connectivity index (χ0n) is 17.9. The molecule has 32 heavy (non-hydrogen) atoms. The Balaban J connectivity index is 1.24. The summed E-state index contributed by atoms with van der Waals surface area (Å²) in [5.74, 6) is 1.88. The highest BCUT2D eigenvalue weighted by atomic mass is 16.5. The van der Waals surface area contributed by atoms with E-state index in [9.17, 15) is 4.79 Å². The van der Waals surface area contributed by atoms with Crippen LogP contribution in [-0.4, -0.2) is 45.1 Å². The van der Waals surface area contributed by atoms with Gasteiger partial charge in [-0.3, -0.25) is 9.20 Å². The molecule has 0 bridgehead atoms. The van der Waals surface area contributed by atoms with Crippen molar-refractivity contribution in [1.29, 1.82) is 0 Å². The number of amides is 1. The van der Waals surface area contributed by atoms with E-state index in [1.165, 1.54) is 5.56 Å². The third kappa shape index (κ3) is 4.35. The number of carbonyl (C=O) groups is 1. The average molecular weight is 427 g/mol. The van der Waals surface area contributed by atoms with Gasteiger partial charge in [-0.1, -0.05) is 54.6 Å². The largest absolute Gasteiger partial charge is 0.483 e. The first-order chi connectivity index (χ1) is 15.8. The first-order valence-corrected chi connectivity index (χ1v) is 11.1. The zero-order valence-corrected chi connectivity index (χ0v) is 17.9. The molecule has 6 nitrogen and oxygen atoms in total. The molecule has 2 aromatic carbocycles. The molecule has 0 radical (unpaired) electrons. The van der Waals surface area contributed by atoms with Gasteiger partial charge in [-0.2, -0.15) is 0 Å². The molecular weight excluding hydrogens is 400 g/mol. The fourth-order valence-electron chi connectivity index (χ4n) is 4.39. The molecule has 1 aliphatic heterocycles. The highest BCUT2D eigenvalue weighted by molar-refractivity contribution is 5.78. The van der Waals surface area contributed by atoms with E-state index in [2.05, 4.69) is 28.4 Å². The van der Waals surface area contributed by atoms with Crippen molar-refractivity contribution in [2.24, 2.45) is 0 Å². The average Bonchev–Trinajstić information content (AvgIpc) is 3.28. The Kier molecular flexibility index (Phi) is 5.83. The van der Waals surface area contributed by atoms with Crippen LogP contribution in [0.5, 0.6) is 5.75 Å². The number of hydrogen-bond donors (Lipinski definition) is 0. The molecular formula is C26H26N4O2. The maximum absolute atomic E-state index is 13.0. The predicted molar refractivity (Wildman–Crippen MR) is 123 cm³/mol. The zero-order chi connectivity index (χ0) is 21.8. The molecule has 2 aromatic heterocycles. The van der Waals surface area contributed by atoms with Crippen molar-refractivity contribution in [1.82, 2.24) is 19.5 Å². The van der Waals surface area contributed by atoms with Crippen molar-refractivity contribution < 1.29 is 9.53 Å². The van der Waals surface area contributed by atoms with Crippen molar-refractivity contribution in [3.05, 3.63) is 95.9 Å². The molecule has 6 heteroatoms. The molecule has 1 unspecified atom stereocenters. The predicted octanol–water partition coefficient (Wildman–Crippen LogP) is 4.11. The maximum atomic E-state index is 13.0. The van der Waals surface area contributed by atoms with Gasteiger partial charge in [0, 0.05) is 31.6 Å². The number of pyridine rings is 1. The molecule has 1 atom stereocenters. The first kappa shape index (κ1) is 20.2. The molecule has 0 aliphatic carbocycles. The fraction of sp³-hybridized carbons (Fsp3) is 0.269. The lowest BCUT2D eigenvalue weighted by Crippen LogP contribution is -2.42. The van der Waals surface area contributed by atoms with Crippen LogP contribution in [0.3, 0.4) is 0 Å². The van der Waals surface area contributed by atoms with Gasteiger partial charge in [0.15, 0.2) is 12.3 Å². The summed E-state index contributed by atoms with van der Waals surface area (Å²) in [6, 6.07) is 24.1. The summed E-state index contributed by atoms with van der Waals surface area (Å²) in [6.45, 7) is 1.43. The quantitative estimate of drug-likeness (QED) is 0.466. The minimum absolute atomic E-state index is 0.0121. The number of para-hydroxylation sites is 1. The second-order valence-corrected chi connectivity index (χ2v) is 8.22. The molecule has 1 amide bonds. The standard InChI is InChI=1S/C26H26N4O2/c31-25(19-32-23-13-5-4-11-21(23)17-20-9-2-1-3-10-20)29-15-8-12-22(18-29)26-28-27-24-14-6-7-16-30(24)26/h1-7,9-11,13-14,16,22H,8,12,15,17-19H2. The summed E-state index contributed by atoms with van der Waals surface area (Å²) < 4.78 is 8.02. The monoisotopic (exact) mass is 426 g/mol. The van der Waals surface area contributed by atoms with Gasteiger partial charge in [0.05, 0.1) is 0 Å². The molecule has 5 rings (SSSR count). The molecule has 1 fully saturated rings. The van der Waals surface area contributed by atoms with E-state index in [4.69, 9.17) is 4.74 Å². The van der Waals surface area contributed by atoms with Gasteiger partial charge in [-0.25, -0.2) is 0 Å². The lowest BCUT2D eigenvalue weighted by atomic mass is 9.97. The van der Waals surface area contributed by atoms with Crippen LogP contribution in [0.25, 0.3) is 5.65 Å². The number of ether oxygens (including phenoxy) is 1. The van der Waals surface area contributed by atoms with E-state index >= 15 is 0 Å². The fourth-order valence-corrected chi connectivity index (χ4v) is 4.39. The number of piperidine rings is 1. The van der Waals surface area contributed by atoms with Crippen LogP contribution in [0.15, 0.2) is 79.0 Å². The van der Waals surface area contributed by atoms with Crippen LogP contribution in [0, 0.1) is 0 Å². The number of benzene rings is 2. The van der Waals surface area contributed by atoms with Crippen molar-refractivity contribution in [2.45, 2.75) is 25.2 Å². The van der Waals surface area contributed by atoms with Crippen LogP contribution in [0.4, 0.5) is 0 Å². The van der Waals surface area contributed by atoms with Crippen LogP contribution in [0.1, 0.15) is 35.7 Å². The molecule has 3 heterocycles. The van der Waals surface area contributed by atoms with E-state index in [-0.39, 0.29) is 18.4 Å². The summed E-state index contributed by atoms with van der Waals surface area (Å²) in [6.07, 6.45) is 4.71. The summed E-state index contributed by atoms with van der Waals surface area (Å²) in [5, 5.41) is 8.67. The van der Waals surface area contributed by atoms with Crippen LogP contribution >= 0.6 is 0 Å². The van der Waals surface area contributed by atoms with Crippen molar-refractivity contribution in [3.63, 3.8) is 0 Å². The number of nitrogens with zero attached hydrogens (tertiary/aromatic N) is 4. The number of fused-ring (bicyclic) bond motifs is 1. The normalized spacial score (nSPS) is 16.2. The summed E-state index contributed by atoms with van der Waals surface area (Å²) in [5.41, 5.74) is 3.14. The highest BCUT2D eigenvalue weighted by Crippen LogP contribution is 2.27. The first-order valence-electron chi connectivity index (χ1n) is 11.1. The van der Waals surface area contributed by atoms with Gasteiger partial charge in [0.1, 0.15) is 11.6 Å². The van der Waals surface area contributed by atoms with Crippen LogP contribution in [0.2, 0.25) is 0 Å². The molecule has 0 N–H and O–H groups in total. The van der Waals surface area contributed by atoms with Crippen LogP contribution in [-0.2, 0) is 11.2 Å². The topological polar surface area (TPSA) is 59.7 Å². The molecule has 1 saturated heterocycles. The second-order valence-electron chi connectivity index (χ2n) is 8.22. The minimum Gasteiger partial charge on any atom is -0.483 e. The Bertz CT molecular complexity index is 1200. The number of aromatic nitrogens is 3. The number of carbonyl (C=O) groups excluding carboxylic acids is 1. The van der Waals surface area contributed by atoms with Gasteiger partial charge in [-0.15, -0.1) is 10.2 Å². The smallest absolute Gasteiger partial charge is 0.260 e. The van der Waals surface area contributed by atoms with Crippen molar-refractivity contribution >= 4 is 11.6 Å². The number of likely N-dealkylation sites (tertiary alicyclic amines) is 1. The second kappa shape index (κ2) is 9.22. The Morgan fingerprint density at radius 3 is 2.69 bits per heavy atom. The molecule has 0 spiro atoms. The van der Waals surface area contributed by atoms with E-state index in [0.29, 0.717) is 6.54 Å². The lowest BCUT2D eigenvalue weighted by molar-refractivity contribution is -0.134. The van der Waals surface area contributed by atoms with Crippen molar-refractivity contribution in [3.8, 4) is 5.75 Å². The summed E-state index contributed by atoms with van der Waals surface area (Å²) in [7, 11) is 0. The van der Waals surface area contributed by atoms with Gasteiger partial charge in [-0.05, 0) is 42.2 Å². The van der Waals surface area contributed by atoms with Gasteiger partial charge < -0.3 is 9.64 Å². The lowest BCUT2D eigenvalue weighted by Gasteiger charge is -2.32. The third-order valence-corrected chi connectivity index (χ3v) is 6.04. The van der Waals surface area contributed by atoms with E-state index in [0.717, 1.165) is 48.6 Å². The molecule has 1 aliphatic rings. The minimum atomic E-state index is 0.0121. The van der Waals surface area contributed by atoms with Gasteiger partial charge >= 0.3 is 0 Å². The van der Waals surface area contributed by atoms with E-state index in [1.54, 1.807) is 0 Å². The molecule has 162 valence electrons. The van der Waals surface area contributed by atoms with Gasteiger partial charge in [0.2, 0.25) is 0 Å². The number of rotatable bonds is 6. The Morgan fingerprint density at radius 2 is 1.78 bits per heavy atom. The van der Waals surface area contributed by atoms with Gasteiger partial charge in [0.25, 0.3) is 5.91 Å². The molecule has 0 saturated carbocycles. The Labute approximate surface area is 187 Å². The third-order valence-electron chi connectivity index (χ3n) is 6.04. The highest BCUT2D eigenvalue weighted by Gasteiger charge is 2.28. The summed E-state index contributed by atoms with van der Waals surface area (Å²) in [4.78, 5) is 14.9. The Hall–Kier alpha value is -3.67. The molecule has 4 aromatic rings. The van der Waals surface area contributed by atoms with Crippen LogP contribution < -0.4 is 4.74 Å².